The van der Waals surface area contributed by atoms with Crippen molar-refractivity contribution in [1.82, 2.24) is 19.4 Å². The monoisotopic (exact) mass is 436 g/mol. The SMILES string of the molecule is O=C(OCc1nc2scc(-c3ccccc3)c2c(=O)[nH]1)c1cn2cccc(Cl)c2n1. The number of hydrogen-bond donors (Lipinski definition) is 1. The molecular formula is C21H13ClN4O3S. The minimum absolute atomic E-state index is 0.119. The first kappa shape index (κ1) is 18.5. The number of thiophene rings is 1. The Morgan fingerprint density at radius 2 is 2.00 bits per heavy atom. The average molecular weight is 437 g/mol. The summed E-state index contributed by atoms with van der Waals surface area (Å²) in [5.41, 5.74) is 2.08. The molecule has 5 aromatic rings. The molecule has 7 nitrogen and oxygen atoms in total. The van der Waals surface area contributed by atoms with E-state index in [0.29, 0.717) is 20.9 Å². The number of carbonyl (C=O) groups is 1. The van der Waals surface area contributed by atoms with E-state index in [1.807, 2.05) is 35.7 Å². The summed E-state index contributed by atoms with van der Waals surface area (Å²) in [4.78, 5) is 37.0. The lowest BCUT2D eigenvalue weighted by molar-refractivity contribution is 0.0456. The van der Waals surface area contributed by atoms with Crippen LogP contribution in [0.3, 0.4) is 0 Å². The van der Waals surface area contributed by atoms with Crippen molar-refractivity contribution in [3.8, 4) is 11.1 Å². The summed E-state index contributed by atoms with van der Waals surface area (Å²) in [7, 11) is 0. The van der Waals surface area contributed by atoms with Gasteiger partial charge in [0.1, 0.15) is 17.3 Å². The van der Waals surface area contributed by atoms with E-state index >= 15 is 0 Å². The first-order valence-electron chi connectivity index (χ1n) is 8.96. The second-order valence-electron chi connectivity index (χ2n) is 6.50. The zero-order chi connectivity index (χ0) is 20.7. The second-order valence-corrected chi connectivity index (χ2v) is 7.76. The summed E-state index contributed by atoms with van der Waals surface area (Å²) in [6.07, 6.45) is 3.27. The van der Waals surface area contributed by atoms with E-state index in [2.05, 4.69) is 15.0 Å². The molecule has 0 fully saturated rings. The van der Waals surface area contributed by atoms with Crippen LogP contribution in [-0.4, -0.2) is 25.3 Å². The Morgan fingerprint density at radius 3 is 2.80 bits per heavy atom. The van der Waals surface area contributed by atoms with Crippen LogP contribution in [0.4, 0.5) is 0 Å². The van der Waals surface area contributed by atoms with Crippen LogP contribution >= 0.6 is 22.9 Å². The number of fused-ring (bicyclic) bond motifs is 2. The van der Waals surface area contributed by atoms with Gasteiger partial charge in [0.15, 0.2) is 11.3 Å². The normalized spacial score (nSPS) is 11.2. The van der Waals surface area contributed by atoms with E-state index < -0.39 is 5.97 Å². The van der Waals surface area contributed by atoms with Crippen molar-refractivity contribution in [2.75, 3.05) is 0 Å². The lowest BCUT2D eigenvalue weighted by atomic mass is 10.1. The molecule has 0 radical (unpaired) electrons. The first-order chi connectivity index (χ1) is 14.6. The Bertz CT molecular complexity index is 1460. The van der Waals surface area contributed by atoms with Crippen LogP contribution in [0.2, 0.25) is 5.02 Å². The fourth-order valence-corrected chi connectivity index (χ4v) is 4.36. The highest BCUT2D eigenvalue weighted by atomic mass is 35.5. The molecule has 0 unspecified atom stereocenters. The molecule has 0 spiro atoms. The lowest BCUT2D eigenvalue weighted by Gasteiger charge is -2.03. The lowest BCUT2D eigenvalue weighted by Crippen LogP contribution is -2.14. The van der Waals surface area contributed by atoms with E-state index in [9.17, 15) is 9.59 Å². The Morgan fingerprint density at radius 1 is 1.17 bits per heavy atom. The van der Waals surface area contributed by atoms with Gasteiger partial charge in [0.25, 0.3) is 5.56 Å². The first-order valence-corrected chi connectivity index (χ1v) is 10.2. The molecule has 5 rings (SSSR count). The van der Waals surface area contributed by atoms with Crippen LogP contribution in [0.5, 0.6) is 0 Å². The highest BCUT2D eigenvalue weighted by Crippen LogP contribution is 2.30. The summed E-state index contributed by atoms with van der Waals surface area (Å²) >= 11 is 7.45. The molecule has 0 bridgehead atoms. The number of H-pyrrole nitrogens is 1. The molecule has 0 aliphatic carbocycles. The third-order valence-electron chi connectivity index (χ3n) is 4.56. The molecule has 0 aliphatic heterocycles. The Kier molecular flexibility index (Phi) is 4.57. The molecule has 30 heavy (non-hydrogen) atoms. The van der Waals surface area contributed by atoms with Gasteiger partial charge < -0.3 is 14.1 Å². The Balaban J connectivity index is 1.40. The Labute approximate surface area is 178 Å². The van der Waals surface area contributed by atoms with Crippen molar-refractivity contribution in [3.63, 3.8) is 0 Å². The third-order valence-corrected chi connectivity index (χ3v) is 5.73. The summed E-state index contributed by atoms with van der Waals surface area (Å²) in [5.74, 6) is -0.363. The van der Waals surface area contributed by atoms with Crippen molar-refractivity contribution in [1.29, 1.82) is 0 Å². The van der Waals surface area contributed by atoms with Crippen molar-refractivity contribution in [2.45, 2.75) is 6.61 Å². The van der Waals surface area contributed by atoms with Gasteiger partial charge >= 0.3 is 5.97 Å². The average Bonchev–Trinajstić information content (AvgIpc) is 3.38. The molecule has 0 aliphatic rings. The number of carbonyl (C=O) groups excluding carboxylic acids is 1. The van der Waals surface area contributed by atoms with Crippen molar-refractivity contribution in [3.05, 3.63) is 87.1 Å². The predicted octanol–water partition coefficient (Wildman–Crippen LogP) is 4.31. The van der Waals surface area contributed by atoms with Crippen molar-refractivity contribution < 1.29 is 9.53 Å². The summed E-state index contributed by atoms with van der Waals surface area (Å²) in [6, 6.07) is 13.1. The Hall–Kier alpha value is -3.49. The smallest absolute Gasteiger partial charge is 0.359 e. The van der Waals surface area contributed by atoms with Gasteiger partial charge in [0.2, 0.25) is 0 Å². The summed E-state index contributed by atoms with van der Waals surface area (Å²) < 4.78 is 6.93. The number of aromatic nitrogens is 4. The summed E-state index contributed by atoms with van der Waals surface area (Å²) in [5, 5.41) is 2.86. The zero-order valence-electron chi connectivity index (χ0n) is 15.3. The molecule has 0 saturated heterocycles. The van der Waals surface area contributed by atoms with Crippen LogP contribution in [0.15, 0.2) is 65.0 Å². The van der Waals surface area contributed by atoms with Gasteiger partial charge in [-0.15, -0.1) is 11.3 Å². The molecular weight excluding hydrogens is 424 g/mol. The van der Waals surface area contributed by atoms with Crippen molar-refractivity contribution >= 4 is 44.8 Å². The molecule has 0 atom stereocenters. The van der Waals surface area contributed by atoms with Crippen LogP contribution in [0, 0.1) is 0 Å². The van der Waals surface area contributed by atoms with Crippen LogP contribution in [0.25, 0.3) is 27.0 Å². The molecule has 1 N–H and O–H groups in total. The van der Waals surface area contributed by atoms with E-state index in [0.717, 1.165) is 11.1 Å². The molecule has 4 aromatic heterocycles. The maximum absolute atomic E-state index is 12.7. The molecule has 148 valence electrons. The number of ether oxygens (including phenoxy) is 1. The van der Waals surface area contributed by atoms with Gasteiger partial charge in [-0.05, 0) is 17.7 Å². The number of imidazole rings is 1. The fraction of sp³-hybridized carbons (Fsp3) is 0.0476. The largest absolute Gasteiger partial charge is 0.453 e. The van der Waals surface area contributed by atoms with Gasteiger partial charge in [0, 0.05) is 23.3 Å². The minimum atomic E-state index is -0.631. The number of nitrogens with zero attached hydrogens (tertiary/aromatic N) is 3. The van der Waals surface area contributed by atoms with Gasteiger partial charge in [0.05, 0.1) is 10.4 Å². The highest BCUT2D eigenvalue weighted by Gasteiger charge is 2.16. The van der Waals surface area contributed by atoms with Gasteiger partial charge in [-0.2, -0.15) is 0 Å². The molecule has 4 heterocycles. The van der Waals surface area contributed by atoms with Crippen LogP contribution < -0.4 is 5.56 Å². The molecule has 0 saturated carbocycles. The number of pyridine rings is 1. The number of aromatic amines is 1. The number of nitrogens with one attached hydrogen (secondary N) is 1. The van der Waals surface area contributed by atoms with Gasteiger partial charge in [-0.1, -0.05) is 41.9 Å². The highest BCUT2D eigenvalue weighted by molar-refractivity contribution is 7.17. The van der Waals surface area contributed by atoms with E-state index in [-0.39, 0.29) is 23.7 Å². The maximum Gasteiger partial charge on any atom is 0.359 e. The zero-order valence-corrected chi connectivity index (χ0v) is 16.9. The summed E-state index contributed by atoms with van der Waals surface area (Å²) in [6.45, 7) is -0.176. The number of hydrogen-bond acceptors (Lipinski definition) is 6. The number of rotatable bonds is 4. The number of benzene rings is 1. The number of halogens is 1. The maximum atomic E-state index is 12.7. The standard InChI is InChI=1S/C21H13ClN4O3S/c22-14-7-4-8-26-9-15(23-18(14)26)21(28)29-10-16-24-19(27)17-13(11-30-20(17)25-16)12-5-2-1-3-6-12/h1-9,11H,10H2,(H,24,25,27). The van der Waals surface area contributed by atoms with Gasteiger partial charge in [-0.3, -0.25) is 4.79 Å². The predicted molar refractivity (Wildman–Crippen MR) is 115 cm³/mol. The quantitative estimate of drug-likeness (QED) is 0.424. The molecule has 0 amide bonds. The second kappa shape index (κ2) is 7.40. The number of esters is 1. The topological polar surface area (TPSA) is 89.3 Å². The van der Waals surface area contributed by atoms with E-state index in [1.165, 1.54) is 17.5 Å². The minimum Gasteiger partial charge on any atom is -0.453 e. The van der Waals surface area contributed by atoms with Gasteiger partial charge in [-0.25, -0.2) is 14.8 Å². The molecule has 9 heteroatoms. The van der Waals surface area contributed by atoms with Crippen molar-refractivity contribution in [2.24, 2.45) is 0 Å². The fourth-order valence-electron chi connectivity index (χ4n) is 3.18. The van der Waals surface area contributed by atoms with Crippen LogP contribution in [-0.2, 0) is 11.3 Å². The third kappa shape index (κ3) is 3.26. The van der Waals surface area contributed by atoms with E-state index in [1.54, 1.807) is 22.7 Å². The molecule has 1 aromatic carbocycles. The van der Waals surface area contributed by atoms with E-state index in [4.69, 9.17) is 16.3 Å². The van der Waals surface area contributed by atoms with Crippen LogP contribution in [0.1, 0.15) is 16.3 Å².